The van der Waals surface area contributed by atoms with Crippen molar-refractivity contribution in [3.8, 4) is 0 Å². The molecule has 0 aliphatic carbocycles. The highest BCUT2D eigenvalue weighted by molar-refractivity contribution is 8.00. The van der Waals surface area contributed by atoms with Gasteiger partial charge < -0.3 is 5.32 Å². The standard InChI is InChI=1S/C14H12Cl2N2OS/c1-9-4-5-10(15)7-12(9)18-13(19)8-20-14-11(16)3-2-6-17-14/h2-7H,8H2,1H3,(H,18,19). The molecule has 20 heavy (non-hydrogen) atoms. The van der Waals surface area contributed by atoms with Crippen LogP contribution in [0.25, 0.3) is 0 Å². The van der Waals surface area contributed by atoms with Crippen LogP contribution in [-0.4, -0.2) is 16.6 Å². The van der Waals surface area contributed by atoms with Gasteiger partial charge in [-0.2, -0.15) is 0 Å². The number of rotatable bonds is 4. The predicted octanol–water partition coefficient (Wildman–Crippen LogP) is 4.43. The Balaban J connectivity index is 1.96. The minimum absolute atomic E-state index is 0.123. The number of nitrogens with one attached hydrogen (secondary N) is 1. The van der Waals surface area contributed by atoms with Crippen molar-refractivity contribution in [1.29, 1.82) is 0 Å². The van der Waals surface area contributed by atoms with Gasteiger partial charge in [0.15, 0.2) is 0 Å². The van der Waals surface area contributed by atoms with Crippen molar-refractivity contribution in [2.24, 2.45) is 0 Å². The van der Waals surface area contributed by atoms with Gasteiger partial charge in [0.1, 0.15) is 5.03 Å². The van der Waals surface area contributed by atoms with Gasteiger partial charge in [-0.05, 0) is 36.8 Å². The molecule has 0 aliphatic heterocycles. The number of pyridine rings is 1. The Morgan fingerprint density at radius 3 is 2.90 bits per heavy atom. The van der Waals surface area contributed by atoms with E-state index < -0.39 is 0 Å². The fourth-order valence-electron chi connectivity index (χ4n) is 1.53. The van der Waals surface area contributed by atoms with Crippen molar-refractivity contribution in [1.82, 2.24) is 4.98 Å². The van der Waals surface area contributed by atoms with Gasteiger partial charge in [0, 0.05) is 16.9 Å². The van der Waals surface area contributed by atoms with E-state index in [0.717, 1.165) is 11.3 Å². The molecule has 0 atom stereocenters. The molecule has 0 aliphatic rings. The van der Waals surface area contributed by atoms with Crippen molar-refractivity contribution >= 4 is 46.6 Å². The third-order valence-corrected chi connectivity index (χ3v) is 4.20. The summed E-state index contributed by atoms with van der Waals surface area (Å²) in [6, 6.07) is 8.88. The highest BCUT2D eigenvalue weighted by Crippen LogP contribution is 2.25. The molecule has 0 radical (unpaired) electrons. The van der Waals surface area contributed by atoms with Crippen LogP contribution < -0.4 is 5.32 Å². The third-order valence-electron chi connectivity index (χ3n) is 2.54. The van der Waals surface area contributed by atoms with Crippen molar-refractivity contribution in [2.45, 2.75) is 11.9 Å². The summed E-state index contributed by atoms with van der Waals surface area (Å²) in [6.07, 6.45) is 1.65. The molecule has 2 rings (SSSR count). The number of carbonyl (C=O) groups excluding carboxylic acids is 1. The number of benzene rings is 1. The van der Waals surface area contributed by atoms with E-state index in [4.69, 9.17) is 23.2 Å². The third kappa shape index (κ3) is 4.13. The molecular weight excluding hydrogens is 315 g/mol. The Hall–Kier alpha value is -1.23. The van der Waals surface area contributed by atoms with Crippen LogP contribution in [-0.2, 0) is 4.79 Å². The van der Waals surface area contributed by atoms with E-state index in [2.05, 4.69) is 10.3 Å². The number of nitrogens with zero attached hydrogens (tertiary/aromatic N) is 1. The molecule has 6 heteroatoms. The molecule has 3 nitrogen and oxygen atoms in total. The van der Waals surface area contributed by atoms with Gasteiger partial charge in [0.05, 0.1) is 10.8 Å². The van der Waals surface area contributed by atoms with Gasteiger partial charge in [-0.15, -0.1) is 0 Å². The van der Waals surface area contributed by atoms with E-state index in [0.29, 0.717) is 15.1 Å². The Kier molecular flexibility index (Phi) is 5.29. The van der Waals surface area contributed by atoms with Crippen LogP contribution in [0.15, 0.2) is 41.6 Å². The lowest BCUT2D eigenvalue weighted by atomic mass is 10.2. The molecule has 1 aromatic carbocycles. The maximum Gasteiger partial charge on any atom is 0.234 e. The molecule has 1 N–H and O–H groups in total. The topological polar surface area (TPSA) is 42.0 Å². The summed E-state index contributed by atoms with van der Waals surface area (Å²) in [5.41, 5.74) is 1.68. The van der Waals surface area contributed by atoms with Crippen molar-refractivity contribution in [3.63, 3.8) is 0 Å². The lowest BCUT2D eigenvalue weighted by Crippen LogP contribution is -2.15. The van der Waals surface area contributed by atoms with Gasteiger partial charge in [-0.3, -0.25) is 4.79 Å². The van der Waals surface area contributed by atoms with Crippen LogP contribution >= 0.6 is 35.0 Å². The maximum atomic E-state index is 11.9. The van der Waals surface area contributed by atoms with E-state index in [9.17, 15) is 4.79 Å². The highest BCUT2D eigenvalue weighted by atomic mass is 35.5. The second-order valence-corrected chi connectivity index (χ2v) is 5.89. The van der Waals surface area contributed by atoms with Crippen molar-refractivity contribution in [2.75, 3.05) is 11.1 Å². The zero-order valence-electron chi connectivity index (χ0n) is 10.7. The van der Waals surface area contributed by atoms with E-state index in [-0.39, 0.29) is 11.7 Å². The SMILES string of the molecule is Cc1ccc(Cl)cc1NC(=O)CSc1ncccc1Cl. The number of aromatic nitrogens is 1. The smallest absolute Gasteiger partial charge is 0.234 e. The van der Waals surface area contributed by atoms with Crippen molar-refractivity contribution in [3.05, 3.63) is 52.1 Å². The van der Waals surface area contributed by atoms with E-state index in [1.165, 1.54) is 11.8 Å². The highest BCUT2D eigenvalue weighted by Gasteiger charge is 2.08. The molecule has 2 aromatic rings. The number of hydrogen-bond donors (Lipinski definition) is 1. The first-order chi connectivity index (χ1) is 9.56. The molecule has 1 heterocycles. The minimum atomic E-state index is -0.123. The van der Waals surface area contributed by atoms with E-state index in [1.54, 1.807) is 30.5 Å². The normalized spacial score (nSPS) is 10.3. The Bertz CT molecular complexity index is 634. The Morgan fingerprint density at radius 2 is 2.15 bits per heavy atom. The fourth-order valence-corrected chi connectivity index (χ4v) is 2.67. The zero-order valence-corrected chi connectivity index (χ0v) is 13.0. The van der Waals surface area contributed by atoms with Crippen LogP contribution in [0.5, 0.6) is 0 Å². The predicted molar refractivity (Wildman–Crippen MR) is 84.8 cm³/mol. The molecule has 0 bridgehead atoms. The molecule has 1 amide bonds. The number of carbonyl (C=O) groups is 1. The Morgan fingerprint density at radius 1 is 1.35 bits per heavy atom. The Labute approximate surface area is 131 Å². The lowest BCUT2D eigenvalue weighted by molar-refractivity contribution is -0.113. The number of hydrogen-bond acceptors (Lipinski definition) is 3. The lowest BCUT2D eigenvalue weighted by Gasteiger charge is -2.08. The summed E-state index contributed by atoms with van der Waals surface area (Å²) in [6.45, 7) is 1.91. The number of thioether (sulfide) groups is 1. The summed E-state index contributed by atoms with van der Waals surface area (Å²) in [5, 5.41) is 4.61. The number of anilines is 1. The monoisotopic (exact) mass is 326 g/mol. The zero-order chi connectivity index (χ0) is 14.5. The van der Waals surface area contributed by atoms with E-state index in [1.807, 2.05) is 13.0 Å². The van der Waals surface area contributed by atoms with Crippen LogP contribution in [0.1, 0.15) is 5.56 Å². The summed E-state index contributed by atoms with van der Waals surface area (Å²) in [4.78, 5) is 16.0. The summed E-state index contributed by atoms with van der Waals surface area (Å²) in [7, 11) is 0. The fraction of sp³-hybridized carbons (Fsp3) is 0.143. The largest absolute Gasteiger partial charge is 0.325 e. The van der Waals surface area contributed by atoms with E-state index >= 15 is 0 Å². The van der Waals surface area contributed by atoms with Crippen LogP contribution in [0.3, 0.4) is 0 Å². The summed E-state index contributed by atoms with van der Waals surface area (Å²) in [5.74, 6) is 0.116. The second kappa shape index (κ2) is 6.97. The quantitative estimate of drug-likeness (QED) is 0.845. The van der Waals surface area contributed by atoms with Gasteiger partial charge in [0.2, 0.25) is 5.91 Å². The molecule has 0 fully saturated rings. The average Bonchev–Trinajstić information content (AvgIpc) is 2.42. The van der Waals surface area contributed by atoms with Crippen LogP contribution in [0, 0.1) is 6.92 Å². The molecule has 1 aromatic heterocycles. The van der Waals surface area contributed by atoms with Crippen molar-refractivity contribution < 1.29 is 4.79 Å². The van der Waals surface area contributed by atoms with Gasteiger partial charge in [-0.1, -0.05) is 41.0 Å². The molecular formula is C14H12Cl2N2OS. The molecule has 0 saturated heterocycles. The van der Waals surface area contributed by atoms with Gasteiger partial charge >= 0.3 is 0 Å². The first-order valence-corrected chi connectivity index (χ1v) is 7.60. The molecule has 0 spiro atoms. The minimum Gasteiger partial charge on any atom is -0.325 e. The number of amides is 1. The molecule has 0 unspecified atom stereocenters. The number of aryl methyl sites for hydroxylation is 1. The maximum absolute atomic E-state index is 11.9. The van der Waals surface area contributed by atoms with Gasteiger partial charge in [0.25, 0.3) is 0 Å². The number of halogens is 2. The second-order valence-electron chi connectivity index (χ2n) is 4.09. The average molecular weight is 327 g/mol. The molecule has 104 valence electrons. The first kappa shape index (κ1) is 15.2. The van der Waals surface area contributed by atoms with Gasteiger partial charge in [-0.25, -0.2) is 4.98 Å². The molecule has 0 saturated carbocycles. The summed E-state index contributed by atoms with van der Waals surface area (Å²) < 4.78 is 0. The summed E-state index contributed by atoms with van der Waals surface area (Å²) >= 11 is 13.2. The van der Waals surface area contributed by atoms with Crippen LogP contribution in [0.4, 0.5) is 5.69 Å². The van der Waals surface area contributed by atoms with Crippen LogP contribution in [0.2, 0.25) is 10.0 Å². The first-order valence-electron chi connectivity index (χ1n) is 5.85.